The van der Waals surface area contributed by atoms with Crippen molar-refractivity contribution in [1.29, 1.82) is 0 Å². The number of anilines is 1. The van der Waals surface area contributed by atoms with Gasteiger partial charge in [0.2, 0.25) is 0 Å². The molecular weight excluding hydrogens is 362 g/mol. The van der Waals surface area contributed by atoms with Gasteiger partial charge in [0, 0.05) is 17.9 Å². The molecule has 1 rings (SSSR count). The van der Waals surface area contributed by atoms with E-state index in [0.29, 0.717) is 17.9 Å². The minimum atomic E-state index is -3.44. The highest BCUT2D eigenvalue weighted by Gasteiger charge is 2.20. The Kier molecular flexibility index (Phi) is 8.88. The first-order chi connectivity index (χ1) is 11.6. The molecule has 0 aliphatic carbocycles. The summed E-state index contributed by atoms with van der Waals surface area (Å²) in [6.45, 7) is 5.92. The summed E-state index contributed by atoms with van der Waals surface area (Å²) >= 11 is 0. The van der Waals surface area contributed by atoms with E-state index in [9.17, 15) is 12.6 Å². The summed E-state index contributed by atoms with van der Waals surface area (Å²) in [6, 6.07) is 7.22. The number of ether oxygens (including phenoxy) is 1. The van der Waals surface area contributed by atoms with Crippen LogP contribution in [0.5, 0.6) is 5.75 Å². The fraction of sp³-hybridized carbons (Fsp3) is 0.647. The van der Waals surface area contributed by atoms with Crippen LogP contribution in [-0.4, -0.2) is 36.8 Å². The van der Waals surface area contributed by atoms with Gasteiger partial charge in [0.25, 0.3) is 10.1 Å². The fourth-order valence-corrected chi connectivity index (χ4v) is 3.42. The molecule has 0 aliphatic rings. The highest BCUT2D eigenvalue weighted by molar-refractivity contribution is 7.86. The lowest BCUT2D eigenvalue weighted by Gasteiger charge is -2.26. The maximum atomic E-state index is 11.9. The molecule has 0 aromatic heterocycles. The maximum absolute atomic E-state index is 11.9. The highest BCUT2D eigenvalue weighted by atomic mass is 32.2. The smallest absolute Gasteiger partial charge is 0.264 e. The molecule has 0 spiro atoms. The van der Waals surface area contributed by atoms with Crippen LogP contribution in [0.4, 0.5) is 5.69 Å². The maximum Gasteiger partial charge on any atom is 0.264 e. The van der Waals surface area contributed by atoms with Gasteiger partial charge in [0.15, 0.2) is 0 Å². The lowest BCUT2D eigenvalue weighted by atomic mass is 10.1. The van der Waals surface area contributed by atoms with E-state index in [1.165, 1.54) is 0 Å². The highest BCUT2D eigenvalue weighted by Crippen LogP contribution is 2.23. The van der Waals surface area contributed by atoms with Gasteiger partial charge in [0.05, 0.1) is 12.9 Å². The summed E-state index contributed by atoms with van der Waals surface area (Å²) in [5, 5.41) is 0. The number of benzene rings is 1. The molecule has 0 saturated carbocycles. The Bertz CT molecular complexity index is 642. The Labute approximate surface area is 154 Å². The van der Waals surface area contributed by atoms with E-state index in [1.807, 2.05) is 26.0 Å². The van der Waals surface area contributed by atoms with E-state index in [4.69, 9.17) is 8.92 Å². The van der Waals surface area contributed by atoms with Crippen molar-refractivity contribution in [2.75, 3.05) is 23.3 Å². The van der Waals surface area contributed by atoms with Crippen molar-refractivity contribution < 1.29 is 21.5 Å². The average Bonchev–Trinajstić information content (AvgIpc) is 2.47. The van der Waals surface area contributed by atoms with E-state index in [0.717, 1.165) is 31.2 Å². The minimum absolute atomic E-state index is 0.0716. The number of hydrogen-bond acceptors (Lipinski definition) is 5. The van der Waals surface area contributed by atoms with Gasteiger partial charge in [-0.1, -0.05) is 19.8 Å². The molecule has 1 aromatic carbocycles. The average molecular weight is 392 g/mol. The second-order valence-corrected chi connectivity index (χ2v) is 9.47. The van der Waals surface area contributed by atoms with Crippen molar-refractivity contribution in [2.45, 2.75) is 52.1 Å². The predicted octanol–water partition coefficient (Wildman–Crippen LogP) is 3.48. The zero-order valence-corrected chi connectivity index (χ0v) is 17.0. The molecule has 0 bridgehead atoms. The summed E-state index contributed by atoms with van der Waals surface area (Å²) in [4.78, 5) is 0. The number of unbranched alkanes of at least 4 members (excludes halogenated alkanes) is 2. The standard InChI is InChI=1S/C17H29NO5S2/c1-5-6-7-14-24(19)18-15-8-10-16(11-9-15)23-17(2,3)12-13-22-25(4,20)21/h8-11,18H,5-7,12-14H2,1-4H3. The number of hydrogen-bond donors (Lipinski definition) is 1. The Balaban J connectivity index is 2.48. The second-order valence-electron chi connectivity index (χ2n) is 6.52. The zero-order valence-electron chi connectivity index (χ0n) is 15.4. The van der Waals surface area contributed by atoms with Crippen LogP contribution in [-0.2, 0) is 25.3 Å². The van der Waals surface area contributed by atoms with E-state index in [2.05, 4.69) is 11.6 Å². The minimum Gasteiger partial charge on any atom is -0.488 e. The van der Waals surface area contributed by atoms with Gasteiger partial charge in [-0.2, -0.15) is 8.42 Å². The van der Waals surface area contributed by atoms with Gasteiger partial charge in [-0.25, -0.2) is 4.21 Å². The quantitative estimate of drug-likeness (QED) is 0.436. The van der Waals surface area contributed by atoms with Crippen molar-refractivity contribution in [3.8, 4) is 5.75 Å². The molecule has 1 unspecified atom stereocenters. The van der Waals surface area contributed by atoms with E-state index in [-0.39, 0.29) is 6.61 Å². The van der Waals surface area contributed by atoms with Crippen LogP contribution in [0.2, 0.25) is 0 Å². The van der Waals surface area contributed by atoms with Crippen molar-refractivity contribution >= 4 is 26.8 Å². The van der Waals surface area contributed by atoms with Crippen molar-refractivity contribution in [3.63, 3.8) is 0 Å². The molecule has 0 aliphatic heterocycles. The molecule has 25 heavy (non-hydrogen) atoms. The summed E-state index contributed by atoms with van der Waals surface area (Å²) in [5.74, 6) is 1.30. The fourth-order valence-electron chi connectivity index (χ4n) is 2.07. The summed E-state index contributed by atoms with van der Waals surface area (Å²) in [7, 11) is -4.51. The molecule has 0 amide bonds. The summed E-state index contributed by atoms with van der Waals surface area (Å²) in [6.07, 6.45) is 4.59. The molecule has 0 fully saturated rings. The molecule has 0 heterocycles. The van der Waals surface area contributed by atoms with E-state index < -0.39 is 26.7 Å². The molecule has 0 saturated heterocycles. The second kappa shape index (κ2) is 10.1. The van der Waals surface area contributed by atoms with Crippen LogP contribution < -0.4 is 9.46 Å². The van der Waals surface area contributed by atoms with Crippen molar-refractivity contribution in [3.05, 3.63) is 24.3 Å². The molecule has 0 radical (unpaired) electrons. The number of nitrogens with one attached hydrogen (secondary N) is 1. The molecule has 144 valence electrons. The molecule has 1 N–H and O–H groups in total. The molecule has 8 heteroatoms. The Morgan fingerprint density at radius 3 is 2.36 bits per heavy atom. The molecular formula is C17H29NO5S2. The van der Waals surface area contributed by atoms with Gasteiger partial charge in [-0.05, 0) is 44.5 Å². The van der Waals surface area contributed by atoms with Crippen LogP contribution in [0, 0.1) is 0 Å². The number of rotatable bonds is 12. The summed E-state index contributed by atoms with van der Waals surface area (Å²) in [5.41, 5.74) is 0.211. The topological polar surface area (TPSA) is 81.7 Å². The normalized spacial score (nSPS) is 13.4. The third kappa shape index (κ3) is 10.5. The Morgan fingerprint density at radius 1 is 1.16 bits per heavy atom. The first kappa shape index (κ1) is 21.9. The van der Waals surface area contributed by atoms with E-state index >= 15 is 0 Å². The monoisotopic (exact) mass is 391 g/mol. The van der Waals surface area contributed by atoms with E-state index in [1.54, 1.807) is 12.1 Å². The van der Waals surface area contributed by atoms with Gasteiger partial charge in [0.1, 0.15) is 22.3 Å². The third-order valence-corrected chi connectivity index (χ3v) is 5.13. The largest absolute Gasteiger partial charge is 0.488 e. The lowest BCUT2D eigenvalue weighted by Crippen LogP contribution is -2.30. The third-order valence-electron chi connectivity index (χ3n) is 3.41. The van der Waals surface area contributed by atoms with Crippen molar-refractivity contribution in [1.82, 2.24) is 0 Å². The summed E-state index contributed by atoms with van der Waals surface area (Å²) < 4.78 is 47.5. The van der Waals surface area contributed by atoms with Crippen LogP contribution in [0.25, 0.3) is 0 Å². The van der Waals surface area contributed by atoms with Gasteiger partial charge >= 0.3 is 0 Å². The Morgan fingerprint density at radius 2 is 1.80 bits per heavy atom. The first-order valence-corrected chi connectivity index (χ1v) is 11.5. The van der Waals surface area contributed by atoms with Crippen LogP contribution >= 0.6 is 0 Å². The van der Waals surface area contributed by atoms with Crippen molar-refractivity contribution in [2.24, 2.45) is 0 Å². The van der Waals surface area contributed by atoms with Crippen LogP contribution in [0.1, 0.15) is 46.5 Å². The lowest BCUT2D eigenvalue weighted by molar-refractivity contribution is 0.0824. The predicted molar refractivity (Wildman–Crippen MR) is 103 cm³/mol. The SMILES string of the molecule is CCCCCS(=O)Nc1ccc(OC(C)(C)CCOS(C)(=O)=O)cc1. The van der Waals surface area contributed by atoms with Gasteiger partial charge < -0.3 is 9.46 Å². The first-order valence-electron chi connectivity index (χ1n) is 8.40. The Hall–Kier alpha value is -1.12. The van der Waals surface area contributed by atoms with Gasteiger partial charge in [-0.15, -0.1) is 0 Å². The molecule has 1 atom stereocenters. The molecule has 6 nitrogen and oxygen atoms in total. The van der Waals surface area contributed by atoms with Gasteiger partial charge in [-0.3, -0.25) is 4.18 Å². The van der Waals surface area contributed by atoms with Crippen LogP contribution in [0.3, 0.4) is 0 Å². The van der Waals surface area contributed by atoms with Crippen LogP contribution in [0.15, 0.2) is 24.3 Å². The molecule has 1 aromatic rings. The zero-order chi connectivity index (χ0) is 18.9.